The molecule has 1 aromatic rings. The second-order valence-electron chi connectivity index (χ2n) is 3.83. The summed E-state index contributed by atoms with van der Waals surface area (Å²) in [6, 6.07) is 5.93. The molecule has 0 saturated heterocycles. The van der Waals surface area contributed by atoms with E-state index in [0.29, 0.717) is 12.4 Å². The maximum atomic E-state index is 12.9. The lowest BCUT2D eigenvalue weighted by Crippen LogP contribution is -2.49. The van der Waals surface area contributed by atoms with Gasteiger partial charge in [-0.15, -0.1) is 0 Å². The predicted molar refractivity (Wildman–Crippen MR) is 60.1 cm³/mol. The van der Waals surface area contributed by atoms with E-state index < -0.39 is 11.7 Å². The summed E-state index contributed by atoms with van der Waals surface area (Å²) < 4.78 is 44.0. The van der Waals surface area contributed by atoms with E-state index in [1.54, 1.807) is 12.1 Å². The SMILES string of the molecule is CCOc1ccc(C(C)(NC)C(F)(F)F)cc1. The Bertz CT molecular complexity index is 361. The van der Waals surface area contributed by atoms with E-state index in [2.05, 4.69) is 5.32 Å². The van der Waals surface area contributed by atoms with Crippen LogP contribution in [0, 0.1) is 0 Å². The van der Waals surface area contributed by atoms with E-state index in [-0.39, 0.29) is 5.56 Å². The lowest BCUT2D eigenvalue weighted by molar-refractivity contribution is -0.193. The van der Waals surface area contributed by atoms with Crippen LogP contribution < -0.4 is 10.1 Å². The van der Waals surface area contributed by atoms with Crippen LogP contribution in [-0.4, -0.2) is 19.8 Å². The molecule has 2 nitrogen and oxygen atoms in total. The van der Waals surface area contributed by atoms with Gasteiger partial charge in [0.15, 0.2) is 0 Å². The van der Waals surface area contributed by atoms with E-state index in [1.807, 2.05) is 6.92 Å². The maximum Gasteiger partial charge on any atom is 0.410 e. The van der Waals surface area contributed by atoms with E-state index >= 15 is 0 Å². The lowest BCUT2D eigenvalue weighted by Gasteiger charge is -2.32. The molecule has 0 amide bonds. The number of hydrogen-bond acceptors (Lipinski definition) is 2. The van der Waals surface area contributed by atoms with Gasteiger partial charge in [-0.3, -0.25) is 0 Å². The molecule has 1 unspecified atom stereocenters. The van der Waals surface area contributed by atoms with Gasteiger partial charge in [-0.1, -0.05) is 12.1 Å². The van der Waals surface area contributed by atoms with Crippen LogP contribution in [0.1, 0.15) is 19.4 Å². The van der Waals surface area contributed by atoms with Crippen LogP contribution in [0.25, 0.3) is 0 Å². The van der Waals surface area contributed by atoms with Crippen LogP contribution in [0.4, 0.5) is 13.2 Å². The minimum Gasteiger partial charge on any atom is -0.494 e. The zero-order valence-corrected chi connectivity index (χ0v) is 10.1. The first-order valence-corrected chi connectivity index (χ1v) is 5.34. The molecule has 1 atom stereocenters. The summed E-state index contributed by atoms with van der Waals surface area (Å²) in [5.74, 6) is 0.567. The summed E-state index contributed by atoms with van der Waals surface area (Å²) in [7, 11) is 1.30. The third kappa shape index (κ3) is 2.72. The molecule has 0 radical (unpaired) electrons. The van der Waals surface area contributed by atoms with Gasteiger partial charge in [0.1, 0.15) is 11.3 Å². The van der Waals surface area contributed by atoms with Crippen molar-refractivity contribution in [1.29, 1.82) is 0 Å². The fraction of sp³-hybridized carbons (Fsp3) is 0.500. The molecule has 1 rings (SSSR count). The van der Waals surface area contributed by atoms with Gasteiger partial charge in [0, 0.05) is 0 Å². The Balaban J connectivity index is 3.05. The summed E-state index contributed by atoms with van der Waals surface area (Å²) in [6.07, 6.45) is -4.35. The highest BCUT2D eigenvalue weighted by Gasteiger charge is 2.51. The maximum absolute atomic E-state index is 12.9. The molecule has 0 aromatic heterocycles. The number of benzene rings is 1. The summed E-state index contributed by atoms with van der Waals surface area (Å²) in [5.41, 5.74) is -1.88. The standard InChI is InChI=1S/C12H16F3NO/c1-4-17-10-7-5-9(6-8-10)11(2,16-3)12(13,14)15/h5-8,16H,4H2,1-3H3. The number of rotatable bonds is 4. The Morgan fingerprint density at radius 3 is 2.06 bits per heavy atom. The molecule has 0 spiro atoms. The highest BCUT2D eigenvalue weighted by atomic mass is 19.4. The molecular weight excluding hydrogens is 231 g/mol. The van der Waals surface area contributed by atoms with Crippen LogP contribution >= 0.6 is 0 Å². The normalized spacial score (nSPS) is 15.4. The fourth-order valence-electron chi connectivity index (χ4n) is 1.50. The molecule has 0 saturated carbocycles. The monoisotopic (exact) mass is 247 g/mol. The average molecular weight is 247 g/mol. The van der Waals surface area contributed by atoms with Crippen LogP contribution in [0.5, 0.6) is 5.75 Å². The van der Waals surface area contributed by atoms with Gasteiger partial charge in [-0.2, -0.15) is 13.2 Å². The van der Waals surface area contributed by atoms with E-state index in [4.69, 9.17) is 4.74 Å². The van der Waals surface area contributed by atoms with Crippen molar-refractivity contribution in [2.24, 2.45) is 0 Å². The van der Waals surface area contributed by atoms with Gasteiger partial charge in [0.2, 0.25) is 0 Å². The second kappa shape index (κ2) is 4.96. The van der Waals surface area contributed by atoms with Crippen molar-refractivity contribution < 1.29 is 17.9 Å². The van der Waals surface area contributed by atoms with E-state index in [0.717, 1.165) is 6.92 Å². The molecule has 0 aliphatic carbocycles. The highest BCUT2D eigenvalue weighted by Crippen LogP contribution is 2.38. The molecule has 96 valence electrons. The second-order valence-corrected chi connectivity index (χ2v) is 3.83. The topological polar surface area (TPSA) is 21.3 Å². The molecule has 0 heterocycles. The number of alkyl halides is 3. The first-order chi connectivity index (χ1) is 7.85. The lowest BCUT2D eigenvalue weighted by atomic mass is 9.91. The van der Waals surface area contributed by atoms with Crippen molar-refractivity contribution in [3.8, 4) is 5.75 Å². The minimum absolute atomic E-state index is 0.163. The van der Waals surface area contributed by atoms with Gasteiger partial charge in [0.25, 0.3) is 0 Å². The number of ether oxygens (including phenoxy) is 1. The molecule has 5 heteroatoms. The molecule has 17 heavy (non-hydrogen) atoms. The predicted octanol–water partition coefficient (Wildman–Crippen LogP) is 3.08. The average Bonchev–Trinajstić information content (AvgIpc) is 2.28. The zero-order valence-electron chi connectivity index (χ0n) is 10.1. The van der Waals surface area contributed by atoms with Crippen LogP contribution in [0.2, 0.25) is 0 Å². The number of hydrogen-bond donors (Lipinski definition) is 1. The van der Waals surface area contributed by atoms with E-state index in [1.165, 1.54) is 19.2 Å². The Morgan fingerprint density at radius 2 is 1.71 bits per heavy atom. The van der Waals surface area contributed by atoms with Crippen molar-refractivity contribution >= 4 is 0 Å². The van der Waals surface area contributed by atoms with Gasteiger partial charge in [-0.05, 0) is 38.6 Å². The van der Waals surface area contributed by atoms with Gasteiger partial charge in [-0.25, -0.2) is 0 Å². The first-order valence-electron chi connectivity index (χ1n) is 5.34. The first kappa shape index (κ1) is 13.8. The van der Waals surface area contributed by atoms with Crippen LogP contribution in [0.15, 0.2) is 24.3 Å². The van der Waals surface area contributed by atoms with Crippen molar-refractivity contribution in [2.75, 3.05) is 13.7 Å². The summed E-state index contributed by atoms with van der Waals surface area (Å²) in [5, 5.41) is 2.32. The Kier molecular flexibility index (Phi) is 4.03. The van der Waals surface area contributed by atoms with Crippen molar-refractivity contribution in [3.05, 3.63) is 29.8 Å². The Labute approximate surface area is 98.8 Å². The largest absolute Gasteiger partial charge is 0.494 e. The van der Waals surface area contributed by atoms with Crippen molar-refractivity contribution in [3.63, 3.8) is 0 Å². The Morgan fingerprint density at radius 1 is 1.18 bits per heavy atom. The van der Waals surface area contributed by atoms with Crippen LogP contribution in [0.3, 0.4) is 0 Å². The summed E-state index contributed by atoms with van der Waals surface area (Å²) >= 11 is 0. The molecule has 0 bridgehead atoms. The fourth-order valence-corrected chi connectivity index (χ4v) is 1.50. The molecular formula is C12H16F3NO. The minimum atomic E-state index is -4.35. The number of halogens is 3. The quantitative estimate of drug-likeness (QED) is 0.882. The van der Waals surface area contributed by atoms with Crippen LogP contribution in [-0.2, 0) is 5.54 Å². The van der Waals surface area contributed by atoms with Crippen molar-refractivity contribution in [2.45, 2.75) is 25.6 Å². The summed E-state index contributed by atoms with van der Waals surface area (Å²) in [4.78, 5) is 0. The third-order valence-electron chi connectivity index (χ3n) is 2.81. The van der Waals surface area contributed by atoms with Gasteiger partial charge >= 0.3 is 6.18 Å². The zero-order chi connectivity index (χ0) is 13.1. The molecule has 0 aliphatic heterocycles. The smallest absolute Gasteiger partial charge is 0.410 e. The highest BCUT2D eigenvalue weighted by molar-refractivity contribution is 5.32. The molecule has 1 N–H and O–H groups in total. The molecule has 1 aromatic carbocycles. The summed E-state index contributed by atoms with van der Waals surface area (Å²) in [6.45, 7) is 3.42. The third-order valence-corrected chi connectivity index (χ3v) is 2.81. The van der Waals surface area contributed by atoms with Crippen molar-refractivity contribution in [1.82, 2.24) is 5.32 Å². The molecule has 0 fully saturated rings. The molecule has 0 aliphatic rings. The van der Waals surface area contributed by atoms with Gasteiger partial charge < -0.3 is 10.1 Å². The number of nitrogens with one attached hydrogen (secondary N) is 1. The van der Waals surface area contributed by atoms with E-state index in [9.17, 15) is 13.2 Å². The van der Waals surface area contributed by atoms with Gasteiger partial charge in [0.05, 0.1) is 6.61 Å². The Hall–Kier alpha value is -1.23.